The molecule has 3 rings (SSSR count). The lowest BCUT2D eigenvalue weighted by molar-refractivity contribution is -0.0656. The van der Waals surface area contributed by atoms with Crippen LogP contribution in [0, 0.1) is 5.82 Å². The Hall–Kier alpha value is -1.23. The fourth-order valence-corrected chi connectivity index (χ4v) is 3.89. The van der Waals surface area contributed by atoms with Crippen molar-refractivity contribution in [2.75, 3.05) is 6.61 Å². The molecule has 1 saturated heterocycles. The van der Waals surface area contributed by atoms with Crippen LogP contribution in [0.3, 0.4) is 0 Å². The Morgan fingerprint density at radius 2 is 2.24 bits per heavy atom. The number of nitrogens with one attached hydrogen (secondary N) is 1. The Kier molecular flexibility index (Phi) is 5.62. The smallest absolute Gasteiger partial charge is 0.330 e. The predicted octanol–water partition coefficient (Wildman–Crippen LogP) is 1.91. The zero-order valence-electron chi connectivity index (χ0n) is 12.6. The molecule has 1 aliphatic rings. The summed E-state index contributed by atoms with van der Waals surface area (Å²) in [4.78, 5) is 25.6. The maximum Gasteiger partial charge on any atom is 0.330 e. The summed E-state index contributed by atoms with van der Waals surface area (Å²) in [5, 5.41) is 9.88. The third kappa shape index (κ3) is 3.97. The first-order chi connectivity index (χ1) is 11.9. The number of nitrogens with zero attached hydrogens (tertiary/aromatic N) is 1. The molecule has 2 N–H and O–H groups in total. The number of aliphatic hydroxyl groups excluding tert-OH is 1. The van der Waals surface area contributed by atoms with Crippen molar-refractivity contribution < 1.29 is 19.0 Å². The fourth-order valence-electron chi connectivity index (χ4n) is 2.54. The molecular formula is C14H13Cl2FN2O5S. The van der Waals surface area contributed by atoms with E-state index in [0.29, 0.717) is 9.36 Å². The first kappa shape index (κ1) is 18.6. The van der Waals surface area contributed by atoms with E-state index in [1.165, 1.54) is 11.3 Å². The molecule has 2 aromatic heterocycles. The number of ether oxygens (including phenoxy) is 2. The normalized spacial score (nSPS) is 23.3. The van der Waals surface area contributed by atoms with Crippen molar-refractivity contribution in [2.45, 2.75) is 31.5 Å². The molecule has 3 heterocycles. The number of aromatic amines is 1. The van der Waals surface area contributed by atoms with Gasteiger partial charge in [0.05, 0.1) is 30.5 Å². The molecule has 0 aromatic carbocycles. The van der Waals surface area contributed by atoms with Crippen LogP contribution in [0.1, 0.15) is 17.5 Å². The van der Waals surface area contributed by atoms with Crippen LogP contribution in [-0.2, 0) is 16.1 Å². The molecule has 0 amide bonds. The molecule has 0 saturated carbocycles. The van der Waals surface area contributed by atoms with Gasteiger partial charge in [0, 0.05) is 11.3 Å². The summed E-state index contributed by atoms with van der Waals surface area (Å²) in [5.74, 6) is -1.10. The highest BCUT2D eigenvalue weighted by Gasteiger charge is 2.37. The second kappa shape index (κ2) is 7.56. The van der Waals surface area contributed by atoms with Crippen molar-refractivity contribution in [1.82, 2.24) is 9.55 Å². The quantitative estimate of drug-likeness (QED) is 0.784. The molecule has 7 nitrogen and oxygen atoms in total. The van der Waals surface area contributed by atoms with Gasteiger partial charge in [-0.15, -0.1) is 11.3 Å². The summed E-state index contributed by atoms with van der Waals surface area (Å²) >= 11 is 13.0. The zero-order valence-corrected chi connectivity index (χ0v) is 14.9. The fraction of sp³-hybridized carbons (Fsp3) is 0.429. The van der Waals surface area contributed by atoms with Gasteiger partial charge >= 0.3 is 5.69 Å². The molecule has 0 spiro atoms. The summed E-state index contributed by atoms with van der Waals surface area (Å²) in [5.41, 5.74) is -1.90. The Bertz CT molecular complexity index is 863. The third-order valence-electron chi connectivity index (χ3n) is 3.73. The van der Waals surface area contributed by atoms with Crippen molar-refractivity contribution in [1.29, 1.82) is 0 Å². The molecule has 3 atom stereocenters. The summed E-state index contributed by atoms with van der Waals surface area (Å²) in [6.07, 6.45) is -1.11. The van der Waals surface area contributed by atoms with E-state index in [0.717, 1.165) is 15.6 Å². The largest absolute Gasteiger partial charge is 0.394 e. The van der Waals surface area contributed by atoms with Gasteiger partial charge in [-0.1, -0.05) is 23.2 Å². The maximum absolute atomic E-state index is 13.4. The lowest BCUT2D eigenvalue weighted by Gasteiger charge is -2.16. The van der Waals surface area contributed by atoms with Gasteiger partial charge in [-0.2, -0.15) is 4.39 Å². The minimum Gasteiger partial charge on any atom is -0.394 e. The molecule has 136 valence electrons. The SMILES string of the molecule is O=c1[nH]c(=O)n([C@H]2C[C@H](OCc3cc(Cl)c(Cl)s3)[C@@H](CO)O2)cc1F. The van der Waals surface area contributed by atoms with Gasteiger partial charge in [0.2, 0.25) is 5.82 Å². The molecule has 0 bridgehead atoms. The first-order valence-corrected chi connectivity index (χ1v) is 8.79. The maximum atomic E-state index is 13.4. The van der Waals surface area contributed by atoms with Gasteiger partial charge in [0.15, 0.2) is 0 Å². The Balaban J connectivity index is 1.73. The molecule has 0 aliphatic carbocycles. The van der Waals surface area contributed by atoms with Crippen molar-refractivity contribution in [3.63, 3.8) is 0 Å². The number of hydrogen-bond acceptors (Lipinski definition) is 6. The number of rotatable bonds is 5. The lowest BCUT2D eigenvalue weighted by Crippen LogP contribution is -2.34. The van der Waals surface area contributed by atoms with E-state index in [9.17, 15) is 19.1 Å². The van der Waals surface area contributed by atoms with Crippen LogP contribution >= 0.6 is 34.5 Å². The average Bonchev–Trinajstić information content (AvgIpc) is 3.12. The number of H-pyrrole nitrogens is 1. The molecule has 0 unspecified atom stereocenters. The van der Waals surface area contributed by atoms with E-state index in [2.05, 4.69) is 0 Å². The summed E-state index contributed by atoms with van der Waals surface area (Å²) in [6, 6.07) is 1.68. The average molecular weight is 411 g/mol. The molecule has 11 heteroatoms. The van der Waals surface area contributed by atoms with Crippen LogP contribution in [0.5, 0.6) is 0 Å². The molecule has 2 aromatic rings. The third-order valence-corrected chi connectivity index (χ3v) is 5.57. The van der Waals surface area contributed by atoms with Crippen molar-refractivity contribution in [2.24, 2.45) is 0 Å². The van der Waals surface area contributed by atoms with Crippen LogP contribution in [0.4, 0.5) is 4.39 Å². The van der Waals surface area contributed by atoms with Crippen molar-refractivity contribution in [3.05, 3.63) is 53.2 Å². The Morgan fingerprint density at radius 1 is 1.48 bits per heavy atom. The zero-order chi connectivity index (χ0) is 18.1. The minimum absolute atomic E-state index is 0.198. The predicted molar refractivity (Wildman–Crippen MR) is 89.8 cm³/mol. The summed E-state index contributed by atoms with van der Waals surface area (Å²) in [7, 11) is 0. The first-order valence-electron chi connectivity index (χ1n) is 7.21. The van der Waals surface area contributed by atoms with Gasteiger partial charge in [-0.25, -0.2) is 4.79 Å². The molecular weight excluding hydrogens is 398 g/mol. The van der Waals surface area contributed by atoms with E-state index in [1.807, 2.05) is 4.98 Å². The van der Waals surface area contributed by atoms with E-state index in [1.54, 1.807) is 6.07 Å². The van der Waals surface area contributed by atoms with Crippen LogP contribution < -0.4 is 11.2 Å². The highest BCUT2D eigenvalue weighted by molar-refractivity contribution is 7.16. The standard InChI is InChI=1S/C14H13Cl2FN2O5S/c15-7-1-6(25-12(7)16)5-23-9-2-11(24-10(9)4-20)19-3-8(17)13(21)18-14(19)22/h1,3,9-11,20H,2,4-5H2,(H,18,21,22)/t9-,10+,11+/m0/s1. The van der Waals surface area contributed by atoms with Gasteiger partial charge < -0.3 is 14.6 Å². The minimum atomic E-state index is -1.10. The van der Waals surface area contributed by atoms with Crippen LogP contribution in [-0.4, -0.2) is 33.5 Å². The number of halogens is 3. The number of aromatic nitrogens is 2. The number of aliphatic hydroxyl groups is 1. The van der Waals surface area contributed by atoms with Crippen LogP contribution in [0.15, 0.2) is 21.9 Å². The topological polar surface area (TPSA) is 93.6 Å². The number of hydrogen-bond donors (Lipinski definition) is 2. The van der Waals surface area contributed by atoms with E-state index in [-0.39, 0.29) is 19.6 Å². The summed E-state index contributed by atoms with van der Waals surface area (Å²) in [6.45, 7) is -0.142. The molecule has 1 fully saturated rings. The van der Waals surface area contributed by atoms with Crippen LogP contribution in [0.25, 0.3) is 0 Å². The second-order valence-corrected chi connectivity index (χ2v) is 7.52. The number of thiophene rings is 1. The molecule has 25 heavy (non-hydrogen) atoms. The van der Waals surface area contributed by atoms with Crippen molar-refractivity contribution in [3.8, 4) is 0 Å². The van der Waals surface area contributed by atoms with E-state index in [4.69, 9.17) is 32.7 Å². The van der Waals surface area contributed by atoms with Gasteiger partial charge in [0.1, 0.15) is 16.7 Å². The van der Waals surface area contributed by atoms with E-state index < -0.39 is 35.5 Å². The monoisotopic (exact) mass is 410 g/mol. The van der Waals surface area contributed by atoms with Gasteiger partial charge in [0.25, 0.3) is 5.56 Å². The van der Waals surface area contributed by atoms with Gasteiger partial charge in [-0.3, -0.25) is 14.3 Å². The molecule has 0 radical (unpaired) electrons. The second-order valence-electron chi connectivity index (χ2n) is 5.37. The van der Waals surface area contributed by atoms with E-state index >= 15 is 0 Å². The van der Waals surface area contributed by atoms with Crippen molar-refractivity contribution >= 4 is 34.5 Å². The Morgan fingerprint density at radius 3 is 2.88 bits per heavy atom. The van der Waals surface area contributed by atoms with Gasteiger partial charge in [-0.05, 0) is 6.07 Å². The highest BCUT2D eigenvalue weighted by atomic mass is 35.5. The van der Waals surface area contributed by atoms with Crippen LogP contribution in [0.2, 0.25) is 9.36 Å². The molecule has 1 aliphatic heterocycles. The highest BCUT2D eigenvalue weighted by Crippen LogP contribution is 2.34. The lowest BCUT2D eigenvalue weighted by atomic mass is 10.2. The Labute approximate surface area is 154 Å². The summed E-state index contributed by atoms with van der Waals surface area (Å²) < 4.78 is 26.1.